The first-order valence-corrected chi connectivity index (χ1v) is 14.0. The van der Waals surface area contributed by atoms with Crippen molar-refractivity contribution in [3.63, 3.8) is 0 Å². The molecule has 0 spiro atoms. The van der Waals surface area contributed by atoms with Gasteiger partial charge in [0.2, 0.25) is 0 Å². The monoisotopic (exact) mass is 481 g/mol. The van der Waals surface area contributed by atoms with E-state index in [1.165, 1.54) is 96.1 Å². The molecule has 0 aromatic carbocycles. The zero-order valence-electron chi connectivity index (χ0n) is 22.0. The lowest BCUT2D eigenvalue weighted by atomic mass is 9.04. The van der Waals surface area contributed by atoms with Crippen LogP contribution >= 0.6 is 0 Å². The predicted octanol–water partition coefficient (Wildman–Crippen LogP) is 9.86. The lowest BCUT2D eigenvalue weighted by Gasteiger charge is -2.31. The minimum Gasteiger partial charge on any atom is -0.0819 e. The van der Waals surface area contributed by atoms with Crippen LogP contribution in [-0.2, 0) is 0 Å². The molecule has 4 rings (SSSR count). The van der Waals surface area contributed by atoms with E-state index in [0.29, 0.717) is 6.60 Å². The molecule has 2 aliphatic carbocycles. The van der Waals surface area contributed by atoms with Crippen LogP contribution in [-0.4, -0.2) is 42.8 Å². The molecule has 6 heteroatoms. The van der Waals surface area contributed by atoms with Crippen molar-refractivity contribution in [3.8, 4) is 0 Å². The van der Waals surface area contributed by atoms with Crippen LogP contribution in [0.25, 0.3) is 0 Å². The molecule has 35 heavy (non-hydrogen) atoms. The maximum atomic E-state index is 5.53. The number of hydrogen-bond donors (Lipinski definition) is 0. The summed E-state index contributed by atoms with van der Waals surface area (Å²) < 4.78 is 0. The molecular weight excluding hydrogens is 413 g/mol. The summed E-state index contributed by atoms with van der Waals surface area (Å²) in [6.07, 6.45) is 21.6. The summed E-state index contributed by atoms with van der Waals surface area (Å²) in [5.74, 6) is 4.62. The summed E-state index contributed by atoms with van der Waals surface area (Å²) in [7, 11) is 14.5. The molecule has 0 N–H and O–H groups in total. The van der Waals surface area contributed by atoms with Crippen LogP contribution in [0.15, 0.2) is 0 Å². The minimum atomic E-state index is 0. The Bertz CT molecular complexity index is 392. The third-order valence-electron chi connectivity index (χ3n) is 8.74. The summed E-state index contributed by atoms with van der Waals surface area (Å²) in [6, 6.07) is 0. The average Bonchev–Trinajstić information content (AvgIpc) is 2.77. The molecule has 4 fully saturated rings. The highest BCUT2D eigenvalue weighted by Gasteiger charge is 2.27. The Hall–Kier alpha value is 0.390. The van der Waals surface area contributed by atoms with Crippen molar-refractivity contribution in [3.05, 3.63) is 0 Å². The fraction of sp³-hybridized carbons (Fsp3) is 1.00. The zero-order chi connectivity index (χ0) is 23.1. The molecule has 0 aromatic rings. The lowest BCUT2D eigenvalue weighted by Crippen LogP contribution is -2.35. The molecule has 0 bridgehead atoms. The zero-order valence-corrected chi connectivity index (χ0v) is 22.0. The lowest BCUT2D eigenvalue weighted by molar-refractivity contribution is 0.385. The van der Waals surface area contributed by atoms with Gasteiger partial charge in [-0.25, -0.2) is 0 Å². The Kier molecular flexibility index (Phi) is 31.6. The van der Waals surface area contributed by atoms with Crippen LogP contribution in [0, 0.1) is 17.8 Å². The molecule has 2 saturated carbocycles. The van der Waals surface area contributed by atoms with Crippen molar-refractivity contribution in [1.82, 2.24) is 0 Å². The molecule has 0 nitrogen and oxygen atoms in total. The molecule has 0 amide bonds. The van der Waals surface area contributed by atoms with E-state index < -0.39 is 0 Å². The molecule has 3 atom stereocenters. The molecule has 3 unspecified atom stereocenters. The van der Waals surface area contributed by atoms with E-state index in [9.17, 15) is 0 Å². The molecular formula is C29H66B6. The van der Waals surface area contributed by atoms with Gasteiger partial charge in [-0.1, -0.05) is 172 Å². The van der Waals surface area contributed by atoms with Gasteiger partial charge in [0.15, 0.2) is 0 Å². The Balaban J connectivity index is -0.000000178. The molecule has 2 saturated heterocycles. The van der Waals surface area contributed by atoms with Crippen molar-refractivity contribution in [2.45, 2.75) is 172 Å². The van der Waals surface area contributed by atoms with Gasteiger partial charge in [-0.05, 0) is 17.8 Å². The van der Waals surface area contributed by atoms with Crippen LogP contribution in [0.4, 0.5) is 0 Å². The van der Waals surface area contributed by atoms with Crippen molar-refractivity contribution in [2.24, 2.45) is 17.8 Å². The number of rotatable bonds is 2. The maximum absolute atomic E-state index is 5.53. The quantitative estimate of drug-likeness (QED) is 0.346. The summed E-state index contributed by atoms with van der Waals surface area (Å²) in [4.78, 5) is 0. The molecule has 4 aliphatic rings. The average molecular weight is 480 g/mol. The first-order chi connectivity index (χ1) is 14.9. The smallest absolute Gasteiger partial charge is 0.0819 e. The van der Waals surface area contributed by atoms with Crippen LogP contribution in [0.2, 0.25) is 24.3 Å². The van der Waals surface area contributed by atoms with Crippen molar-refractivity contribution < 1.29 is 0 Å². The van der Waals surface area contributed by atoms with E-state index in [2.05, 4.69) is 34.6 Å². The summed E-state index contributed by atoms with van der Waals surface area (Å²) in [5, 5.41) is 0. The van der Waals surface area contributed by atoms with Gasteiger partial charge in [0.1, 0.15) is 0 Å². The fourth-order valence-electron chi connectivity index (χ4n) is 5.49. The van der Waals surface area contributed by atoms with Crippen molar-refractivity contribution >= 4 is 42.8 Å². The minimum absolute atomic E-state index is 0. The molecule has 2 aliphatic heterocycles. The second kappa shape index (κ2) is 26.0. The van der Waals surface area contributed by atoms with E-state index in [0.717, 1.165) is 36.0 Å². The third-order valence-corrected chi connectivity index (χ3v) is 8.74. The highest BCUT2D eigenvalue weighted by molar-refractivity contribution is 7.32. The molecule has 200 valence electrons. The summed E-state index contributed by atoms with van der Waals surface area (Å²) >= 11 is 0. The van der Waals surface area contributed by atoms with Crippen LogP contribution in [0.3, 0.4) is 0 Å². The van der Waals surface area contributed by atoms with E-state index >= 15 is 0 Å². The second-order valence-corrected chi connectivity index (χ2v) is 11.5. The van der Waals surface area contributed by atoms with E-state index in [1.54, 1.807) is 0 Å². The molecule has 0 aromatic heterocycles. The van der Waals surface area contributed by atoms with Gasteiger partial charge in [-0.15, -0.1) is 0 Å². The Morgan fingerprint density at radius 2 is 0.943 bits per heavy atom. The van der Waals surface area contributed by atoms with Crippen LogP contribution < -0.4 is 0 Å². The summed E-state index contributed by atoms with van der Waals surface area (Å²) in [6.45, 7) is 13.0. The van der Waals surface area contributed by atoms with E-state index in [4.69, 9.17) is 15.5 Å². The SMILES string of the molecule is C.C.C.C.CC1CCCCC1.CC1CCCCC1.[B][B]B1CCC1C.[B][B]B1CCCC(C)C1C. The maximum Gasteiger partial charge on any atom is 0.0942 e. The molecule has 6 radical (unpaired) electrons. The molecule has 2 heterocycles. The van der Waals surface area contributed by atoms with Crippen molar-refractivity contribution in [1.29, 1.82) is 0 Å². The topological polar surface area (TPSA) is 0 Å². The highest BCUT2D eigenvalue weighted by Crippen LogP contribution is 2.33. The van der Waals surface area contributed by atoms with Crippen LogP contribution in [0.1, 0.15) is 148 Å². The number of hydrogen-bond acceptors (Lipinski definition) is 0. The Morgan fingerprint density at radius 3 is 1.14 bits per heavy atom. The van der Waals surface area contributed by atoms with Gasteiger partial charge in [-0.3, -0.25) is 0 Å². The normalized spacial score (nSPS) is 25.7. The fourth-order valence-corrected chi connectivity index (χ4v) is 5.49. The Morgan fingerprint density at radius 1 is 0.514 bits per heavy atom. The van der Waals surface area contributed by atoms with E-state index in [-0.39, 0.29) is 29.7 Å². The first kappa shape index (κ1) is 42.5. The Labute approximate surface area is 232 Å². The van der Waals surface area contributed by atoms with Gasteiger partial charge in [0.25, 0.3) is 0 Å². The third kappa shape index (κ3) is 19.2. The van der Waals surface area contributed by atoms with Gasteiger partial charge < -0.3 is 0 Å². The van der Waals surface area contributed by atoms with E-state index in [1.807, 2.05) is 14.1 Å². The summed E-state index contributed by atoms with van der Waals surface area (Å²) in [5.41, 5.74) is 0. The standard InChI is InChI=1S/C7H14B3.2C7H14.C4H8B3.4CH4/c1-6-4-3-5-10(9-8)7(6)2;2*1-7-5-3-2-4-6-7;1-4-2-3-7(4)6-5;;;;/h6-7H,3-5H2,1-2H3;2*7H,2-6H2,1H3;4H,2-3H2,1H3;4*1H4. The predicted molar refractivity (Wildman–Crippen MR) is 177 cm³/mol. The van der Waals surface area contributed by atoms with Gasteiger partial charge >= 0.3 is 0 Å². The van der Waals surface area contributed by atoms with Gasteiger partial charge in [-0.2, -0.15) is 0 Å². The highest BCUT2D eigenvalue weighted by atomic mass is 14.1. The first-order valence-electron chi connectivity index (χ1n) is 14.0. The van der Waals surface area contributed by atoms with Gasteiger partial charge in [0, 0.05) is 29.6 Å². The van der Waals surface area contributed by atoms with Crippen LogP contribution in [0.5, 0.6) is 0 Å². The second-order valence-electron chi connectivity index (χ2n) is 11.5. The van der Waals surface area contributed by atoms with Crippen molar-refractivity contribution in [2.75, 3.05) is 0 Å². The largest absolute Gasteiger partial charge is 0.0942 e. The van der Waals surface area contributed by atoms with Gasteiger partial charge in [0.05, 0.1) is 13.2 Å².